The largest absolute Gasteiger partial charge is 0.458 e. The van der Waals surface area contributed by atoms with Crippen LogP contribution in [0.4, 0.5) is 4.79 Å². The summed E-state index contributed by atoms with van der Waals surface area (Å²) < 4.78 is 11.2. The van der Waals surface area contributed by atoms with Crippen molar-refractivity contribution in [1.82, 2.24) is 9.80 Å². The van der Waals surface area contributed by atoms with E-state index in [2.05, 4.69) is 0 Å². The second-order valence-electron chi connectivity index (χ2n) is 10.7. The molecule has 3 unspecified atom stereocenters. The van der Waals surface area contributed by atoms with Gasteiger partial charge in [0, 0.05) is 0 Å². The summed E-state index contributed by atoms with van der Waals surface area (Å²) in [5.41, 5.74) is 1.17. The molecule has 0 aromatic heterocycles. The van der Waals surface area contributed by atoms with Gasteiger partial charge in [-0.2, -0.15) is 0 Å². The summed E-state index contributed by atoms with van der Waals surface area (Å²) in [5, 5.41) is 0. The first kappa shape index (κ1) is 26.5. The van der Waals surface area contributed by atoms with E-state index in [-0.39, 0.29) is 24.5 Å². The van der Waals surface area contributed by atoms with Crippen LogP contribution in [0.25, 0.3) is 6.08 Å². The molecule has 0 radical (unpaired) electrons. The molecular formula is C30H36N2O5. The van der Waals surface area contributed by atoms with Gasteiger partial charge >= 0.3 is 12.1 Å². The van der Waals surface area contributed by atoms with Gasteiger partial charge in [0.05, 0.1) is 12.1 Å². The van der Waals surface area contributed by atoms with Crippen molar-refractivity contribution in [2.75, 3.05) is 6.61 Å². The highest BCUT2D eigenvalue weighted by Gasteiger charge is 2.59. The van der Waals surface area contributed by atoms with Crippen LogP contribution in [0.3, 0.4) is 0 Å². The summed E-state index contributed by atoms with van der Waals surface area (Å²) in [6.45, 7) is 9.55. The zero-order valence-electron chi connectivity index (χ0n) is 22.2. The smallest absolute Gasteiger partial charge is 0.411 e. The highest BCUT2D eigenvalue weighted by molar-refractivity contribution is 5.97. The Balaban J connectivity index is 1.72. The van der Waals surface area contributed by atoms with E-state index >= 15 is 0 Å². The van der Waals surface area contributed by atoms with Crippen LogP contribution in [0.2, 0.25) is 0 Å². The molecule has 7 heteroatoms. The minimum atomic E-state index is -0.783. The number of rotatable bonds is 8. The SMILES string of the molecule is CC[C@H](C)C(C(=O)OC(C)(C)C)N1C(=O)C(N2C(=O)OC[C@@H]2c2ccccc2)C1C=Cc1ccccc1. The standard InChI is InChI=1S/C30H36N2O5/c1-6-20(2)25(28(34)37-30(3,4)5)31-23(18-17-21-13-9-7-10-14-21)26(27(31)33)32-24(19-36-29(32)35)22-15-11-8-12-16-22/h7-18,20,23-26H,6,19H2,1-5H3/t20-,23?,24+,25?,26?/m0/s1. The lowest BCUT2D eigenvalue weighted by Crippen LogP contribution is -2.74. The molecule has 0 spiro atoms. The molecule has 2 aromatic carbocycles. The first-order chi connectivity index (χ1) is 17.6. The molecular weight excluding hydrogens is 468 g/mol. The van der Waals surface area contributed by atoms with Gasteiger partial charge in [-0.25, -0.2) is 9.59 Å². The molecule has 2 amide bonds. The lowest BCUT2D eigenvalue weighted by molar-refractivity contribution is -0.179. The number of β-lactam (4-membered cyclic amide) rings is 1. The summed E-state index contributed by atoms with van der Waals surface area (Å²) in [5.74, 6) is -0.850. The van der Waals surface area contributed by atoms with Crippen LogP contribution in [0.15, 0.2) is 66.7 Å². The highest BCUT2D eigenvalue weighted by atomic mass is 16.6. The van der Waals surface area contributed by atoms with E-state index in [1.54, 1.807) is 4.90 Å². The van der Waals surface area contributed by atoms with Crippen molar-refractivity contribution in [3.05, 3.63) is 77.9 Å². The number of cyclic esters (lactones) is 1. The topological polar surface area (TPSA) is 76.2 Å². The van der Waals surface area contributed by atoms with Crippen LogP contribution in [-0.4, -0.2) is 58.1 Å². The number of nitrogens with zero attached hydrogens (tertiary/aromatic N) is 2. The molecule has 2 aliphatic heterocycles. The number of hydrogen-bond donors (Lipinski definition) is 0. The molecule has 0 bridgehead atoms. The number of likely N-dealkylation sites (tertiary alicyclic amines) is 1. The maximum Gasteiger partial charge on any atom is 0.411 e. The third-order valence-electron chi connectivity index (χ3n) is 6.96. The van der Waals surface area contributed by atoms with Gasteiger partial charge in [0.2, 0.25) is 5.91 Å². The Bertz CT molecular complexity index is 1140. The van der Waals surface area contributed by atoms with E-state index < -0.39 is 35.8 Å². The van der Waals surface area contributed by atoms with Crippen molar-refractivity contribution in [2.45, 2.75) is 70.8 Å². The molecule has 37 heavy (non-hydrogen) atoms. The normalized spacial score (nSPS) is 23.5. The van der Waals surface area contributed by atoms with Crippen molar-refractivity contribution >= 4 is 24.0 Å². The Morgan fingerprint density at radius 3 is 2.30 bits per heavy atom. The van der Waals surface area contributed by atoms with Gasteiger partial charge in [0.15, 0.2) is 0 Å². The molecule has 0 N–H and O–H groups in total. The Kier molecular flexibility index (Phi) is 7.71. The molecule has 2 aromatic rings. The molecule has 196 valence electrons. The third-order valence-corrected chi connectivity index (χ3v) is 6.96. The lowest BCUT2D eigenvalue weighted by atomic mass is 9.84. The first-order valence-corrected chi connectivity index (χ1v) is 12.9. The van der Waals surface area contributed by atoms with Gasteiger partial charge in [0.1, 0.15) is 24.3 Å². The maximum absolute atomic E-state index is 13.9. The number of carbonyl (C=O) groups excluding carboxylic acids is 3. The number of benzene rings is 2. The van der Waals surface area contributed by atoms with E-state index in [9.17, 15) is 14.4 Å². The quantitative estimate of drug-likeness (QED) is 0.364. The number of carbonyl (C=O) groups is 3. The van der Waals surface area contributed by atoms with Crippen LogP contribution in [0.1, 0.15) is 58.2 Å². The molecule has 2 fully saturated rings. The Hall–Kier alpha value is -3.61. The minimum Gasteiger partial charge on any atom is -0.458 e. The van der Waals surface area contributed by atoms with Crippen LogP contribution in [0, 0.1) is 5.92 Å². The fourth-order valence-electron chi connectivity index (χ4n) is 4.97. The second kappa shape index (κ2) is 10.8. The number of hydrogen-bond acceptors (Lipinski definition) is 5. The average molecular weight is 505 g/mol. The highest BCUT2D eigenvalue weighted by Crippen LogP contribution is 2.40. The van der Waals surface area contributed by atoms with E-state index in [1.165, 1.54) is 4.90 Å². The van der Waals surface area contributed by atoms with Crippen LogP contribution >= 0.6 is 0 Å². The molecule has 7 nitrogen and oxygen atoms in total. The summed E-state index contributed by atoms with van der Waals surface area (Å²) in [6, 6.07) is 16.9. The summed E-state index contributed by atoms with van der Waals surface area (Å²) in [4.78, 5) is 43.3. The van der Waals surface area contributed by atoms with Gasteiger partial charge in [-0.1, -0.05) is 93.1 Å². The van der Waals surface area contributed by atoms with E-state index in [0.29, 0.717) is 6.42 Å². The van der Waals surface area contributed by atoms with E-state index in [4.69, 9.17) is 9.47 Å². The van der Waals surface area contributed by atoms with Gasteiger partial charge in [0.25, 0.3) is 0 Å². The van der Waals surface area contributed by atoms with Crippen molar-refractivity contribution in [1.29, 1.82) is 0 Å². The van der Waals surface area contributed by atoms with Crippen molar-refractivity contribution in [2.24, 2.45) is 5.92 Å². The Morgan fingerprint density at radius 2 is 1.70 bits per heavy atom. The van der Waals surface area contributed by atoms with Crippen molar-refractivity contribution < 1.29 is 23.9 Å². The summed E-state index contributed by atoms with van der Waals surface area (Å²) >= 11 is 0. The summed E-state index contributed by atoms with van der Waals surface area (Å²) in [7, 11) is 0. The predicted octanol–water partition coefficient (Wildman–Crippen LogP) is 5.23. The molecule has 0 aliphatic carbocycles. The third kappa shape index (κ3) is 5.55. The zero-order valence-corrected chi connectivity index (χ0v) is 22.2. The number of ether oxygens (including phenoxy) is 2. The average Bonchev–Trinajstić information content (AvgIpc) is 3.24. The van der Waals surface area contributed by atoms with Gasteiger partial charge in [-0.05, 0) is 37.8 Å². The summed E-state index contributed by atoms with van der Waals surface area (Å²) in [6.07, 6.45) is 4.00. The van der Waals surface area contributed by atoms with Crippen LogP contribution in [-0.2, 0) is 19.1 Å². The van der Waals surface area contributed by atoms with Crippen molar-refractivity contribution in [3.8, 4) is 0 Å². The van der Waals surface area contributed by atoms with Gasteiger partial charge < -0.3 is 14.4 Å². The van der Waals surface area contributed by atoms with Gasteiger partial charge in [-0.15, -0.1) is 0 Å². The first-order valence-electron chi connectivity index (χ1n) is 12.9. The monoisotopic (exact) mass is 504 g/mol. The molecule has 2 aliphatic rings. The van der Waals surface area contributed by atoms with Crippen LogP contribution < -0.4 is 0 Å². The lowest BCUT2D eigenvalue weighted by Gasteiger charge is -2.53. The molecule has 0 saturated carbocycles. The molecule has 2 saturated heterocycles. The predicted molar refractivity (Wildman–Crippen MR) is 141 cm³/mol. The second-order valence-corrected chi connectivity index (χ2v) is 10.7. The zero-order chi connectivity index (χ0) is 26.7. The fraction of sp³-hybridized carbons (Fsp3) is 0.433. The van der Waals surface area contributed by atoms with Crippen LogP contribution in [0.5, 0.6) is 0 Å². The molecule has 2 heterocycles. The van der Waals surface area contributed by atoms with E-state index in [1.807, 2.05) is 107 Å². The van der Waals surface area contributed by atoms with Crippen molar-refractivity contribution in [3.63, 3.8) is 0 Å². The number of esters is 1. The Labute approximate surface area is 219 Å². The Morgan fingerprint density at radius 1 is 1.08 bits per heavy atom. The molecule has 4 rings (SSSR count). The fourth-order valence-corrected chi connectivity index (χ4v) is 4.97. The number of amides is 2. The molecule has 5 atom stereocenters. The maximum atomic E-state index is 13.9. The van der Waals surface area contributed by atoms with E-state index in [0.717, 1.165) is 11.1 Å². The van der Waals surface area contributed by atoms with Gasteiger partial charge in [-0.3, -0.25) is 9.69 Å². The minimum absolute atomic E-state index is 0.136.